The summed E-state index contributed by atoms with van der Waals surface area (Å²) in [6, 6.07) is 18.3. The number of benzene rings is 2. The Bertz CT molecular complexity index is 853. The number of hydrogen-bond acceptors (Lipinski definition) is 6. The number of hydrogen-bond donors (Lipinski definition) is 1. The number of nitrogens with one attached hydrogen (secondary N) is 1. The maximum Gasteiger partial charge on any atom is 0.190 e. The summed E-state index contributed by atoms with van der Waals surface area (Å²) in [5, 5.41) is 5.29. The zero-order chi connectivity index (χ0) is 17.6. The summed E-state index contributed by atoms with van der Waals surface area (Å²) in [4.78, 5) is 11.9. The number of morpholine rings is 1. The summed E-state index contributed by atoms with van der Waals surface area (Å²) in [6.07, 6.45) is 0. The third kappa shape index (κ3) is 4.33. The third-order valence-corrected chi connectivity index (χ3v) is 5.19. The zero-order valence-electron chi connectivity index (χ0n) is 14.6. The van der Waals surface area contributed by atoms with Gasteiger partial charge in [-0.25, -0.2) is 9.97 Å². The number of ether oxygens (including phenoxy) is 1. The van der Waals surface area contributed by atoms with Gasteiger partial charge in [0.1, 0.15) is 5.82 Å². The van der Waals surface area contributed by atoms with Gasteiger partial charge in [0, 0.05) is 36.5 Å². The van der Waals surface area contributed by atoms with Crippen LogP contribution in [-0.2, 0) is 4.74 Å². The van der Waals surface area contributed by atoms with Crippen molar-refractivity contribution in [3.63, 3.8) is 0 Å². The van der Waals surface area contributed by atoms with Crippen LogP contribution in [0.25, 0.3) is 10.9 Å². The standard InChI is InChI=1S/C20H22N4OS/c1-2-6-16(7-3-1)21-19-17-8-4-5-9-18(17)22-20(23-19)26-15-12-24-10-13-25-14-11-24/h1-9H,10-15H2,(H,21,22,23). The second-order valence-electron chi connectivity index (χ2n) is 6.17. The van der Waals surface area contributed by atoms with Gasteiger partial charge in [0.2, 0.25) is 0 Å². The van der Waals surface area contributed by atoms with Crippen molar-refractivity contribution in [2.45, 2.75) is 5.16 Å². The van der Waals surface area contributed by atoms with E-state index in [4.69, 9.17) is 14.7 Å². The lowest BCUT2D eigenvalue weighted by Crippen LogP contribution is -2.37. The van der Waals surface area contributed by atoms with Gasteiger partial charge in [0.05, 0.1) is 18.7 Å². The molecule has 1 saturated heterocycles. The minimum Gasteiger partial charge on any atom is -0.379 e. The Hall–Kier alpha value is -2.15. The van der Waals surface area contributed by atoms with E-state index in [0.29, 0.717) is 0 Å². The molecule has 0 saturated carbocycles. The molecule has 1 aromatic heterocycles. The normalized spacial score (nSPS) is 15.2. The fourth-order valence-electron chi connectivity index (χ4n) is 2.96. The van der Waals surface area contributed by atoms with E-state index < -0.39 is 0 Å². The van der Waals surface area contributed by atoms with Crippen molar-refractivity contribution in [2.75, 3.05) is 43.9 Å². The second-order valence-corrected chi connectivity index (χ2v) is 7.23. The highest BCUT2D eigenvalue weighted by molar-refractivity contribution is 7.99. The van der Waals surface area contributed by atoms with Gasteiger partial charge in [-0.2, -0.15) is 0 Å². The van der Waals surface area contributed by atoms with Gasteiger partial charge in [-0.1, -0.05) is 42.1 Å². The second kappa shape index (κ2) is 8.49. The molecule has 0 aliphatic carbocycles. The van der Waals surface area contributed by atoms with Crippen molar-refractivity contribution in [3.8, 4) is 0 Å². The lowest BCUT2D eigenvalue weighted by Gasteiger charge is -2.26. The highest BCUT2D eigenvalue weighted by Gasteiger charge is 2.12. The van der Waals surface area contributed by atoms with Crippen LogP contribution < -0.4 is 5.32 Å². The van der Waals surface area contributed by atoms with Crippen LogP contribution in [0.1, 0.15) is 0 Å². The van der Waals surface area contributed by atoms with Crippen LogP contribution in [0.5, 0.6) is 0 Å². The van der Waals surface area contributed by atoms with Crippen LogP contribution in [0.2, 0.25) is 0 Å². The van der Waals surface area contributed by atoms with Gasteiger partial charge in [-0.3, -0.25) is 4.90 Å². The van der Waals surface area contributed by atoms with Crippen molar-refractivity contribution in [1.29, 1.82) is 0 Å². The minimum atomic E-state index is 0.815. The SMILES string of the molecule is c1ccc(Nc2nc(SCCN3CCOCC3)nc3ccccc23)cc1. The number of thioether (sulfide) groups is 1. The first-order chi connectivity index (χ1) is 12.9. The molecule has 26 heavy (non-hydrogen) atoms. The Balaban J connectivity index is 1.51. The molecular formula is C20H22N4OS. The summed E-state index contributed by atoms with van der Waals surface area (Å²) in [7, 11) is 0. The number of aromatic nitrogens is 2. The molecule has 3 aromatic rings. The zero-order valence-corrected chi connectivity index (χ0v) is 15.4. The van der Waals surface area contributed by atoms with E-state index in [9.17, 15) is 0 Å². The number of fused-ring (bicyclic) bond motifs is 1. The molecule has 1 N–H and O–H groups in total. The predicted molar refractivity (Wildman–Crippen MR) is 107 cm³/mol. The lowest BCUT2D eigenvalue weighted by atomic mass is 10.2. The molecular weight excluding hydrogens is 344 g/mol. The van der Waals surface area contributed by atoms with Gasteiger partial charge >= 0.3 is 0 Å². The van der Waals surface area contributed by atoms with E-state index in [-0.39, 0.29) is 0 Å². The largest absolute Gasteiger partial charge is 0.379 e. The monoisotopic (exact) mass is 366 g/mol. The minimum absolute atomic E-state index is 0.815. The number of nitrogens with zero attached hydrogens (tertiary/aromatic N) is 3. The molecule has 1 aliphatic heterocycles. The quantitative estimate of drug-likeness (QED) is 0.529. The van der Waals surface area contributed by atoms with E-state index in [1.54, 1.807) is 11.8 Å². The van der Waals surface area contributed by atoms with Crippen LogP contribution in [-0.4, -0.2) is 53.5 Å². The molecule has 1 fully saturated rings. The topological polar surface area (TPSA) is 50.3 Å². The summed E-state index contributed by atoms with van der Waals surface area (Å²) < 4.78 is 5.40. The fraction of sp³-hybridized carbons (Fsp3) is 0.300. The van der Waals surface area contributed by atoms with Crippen molar-refractivity contribution in [3.05, 3.63) is 54.6 Å². The Kier molecular flexibility index (Phi) is 5.64. The highest BCUT2D eigenvalue weighted by atomic mass is 32.2. The van der Waals surface area contributed by atoms with E-state index in [1.807, 2.05) is 48.5 Å². The van der Waals surface area contributed by atoms with E-state index >= 15 is 0 Å². The molecule has 2 aromatic carbocycles. The first-order valence-corrected chi connectivity index (χ1v) is 9.89. The van der Waals surface area contributed by atoms with Crippen molar-refractivity contribution in [2.24, 2.45) is 0 Å². The van der Waals surface area contributed by atoms with Gasteiger partial charge in [0.25, 0.3) is 0 Å². The van der Waals surface area contributed by atoms with E-state index in [1.165, 1.54) is 0 Å². The van der Waals surface area contributed by atoms with Gasteiger partial charge in [-0.15, -0.1) is 0 Å². The Morgan fingerprint density at radius 2 is 1.73 bits per heavy atom. The number of para-hydroxylation sites is 2. The fourth-order valence-corrected chi connectivity index (χ4v) is 3.81. The summed E-state index contributed by atoms with van der Waals surface area (Å²) in [5.41, 5.74) is 2.00. The molecule has 0 spiro atoms. The molecule has 0 bridgehead atoms. The van der Waals surface area contributed by atoms with Crippen LogP contribution in [0.15, 0.2) is 59.8 Å². The van der Waals surface area contributed by atoms with Crippen LogP contribution in [0.3, 0.4) is 0 Å². The summed E-state index contributed by atoms with van der Waals surface area (Å²) >= 11 is 1.71. The predicted octanol–water partition coefficient (Wildman–Crippen LogP) is 3.80. The van der Waals surface area contributed by atoms with Crippen molar-refractivity contribution in [1.82, 2.24) is 14.9 Å². The van der Waals surface area contributed by atoms with Crippen LogP contribution in [0.4, 0.5) is 11.5 Å². The summed E-state index contributed by atoms with van der Waals surface area (Å²) in [5.74, 6) is 1.83. The molecule has 0 atom stereocenters. The van der Waals surface area contributed by atoms with Crippen molar-refractivity contribution >= 4 is 34.2 Å². The van der Waals surface area contributed by atoms with Crippen LogP contribution >= 0.6 is 11.8 Å². The average molecular weight is 366 g/mol. The maximum atomic E-state index is 5.40. The van der Waals surface area contributed by atoms with Crippen molar-refractivity contribution < 1.29 is 4.74 Å². The first kappa shape index (κ1) is 17.3. The molecule has 1 aliphatic rings. The van der Waals surface area contributed by atoms with Gasteiger partial charge < -0.3 is 10.1 Å². The Morgan fingerprint density at radius 1 is 0.962 bits per heavy atom. The molecule has 0 unspecified atom stereocenters. The van der Waals surface area contributed by atoms with Gasteiger partial charge in [0.15, 0.2) is 5.16 Å². The molecule has 134 valence electrons. The van der Waals surface area contributed by atoms with Gasteiger partial charge in [-0.05, 0) is 24.3 Å². The average Bonchev–Trinajstić information content (AvgIpc) is 2.70. The van der Waals surface area contributed by atoms with E-state index in [2.05, 4.69) is 16.3 Å². The first-order valence-electron chi connectivity index (χ1n) is 8.90. The molecule has 0 radical (unpaired) electrons. The lowest BCUT2D eigenvalue weighted by molar-refractivity contribution is 0.0410. The molecule has 4 rings (SSSR count). The Labute approximate surface area is 157 Å². The van der Waals surface area contributed by atoms with Crippen LogP contribution in [0, 0.1) is 0 Å². The Morgan fingerprint density at radius 3 is 2.58 bits per heavy atom. The maximum absolute atomic E-state index is 5.40. The third-order valence-electron chi connectivity index (χ3n) is 4.36. The summed E-state index contributed by atoms with van der Waals surface area (Å²) in [6.45, 7) is 4.73. The molecule has 2 heterocycles. The molecule has 0 amide bonds. The smallest absolute Gasteiger partial charge is 0.190 e. The van der Waals surface area contributed by atoms with E-state index in [0.717, 1.165) is 66.2 Å². The highest BCUT2D eigenvalue weighted by Crippen LogP contribution is 2.26. The number of rotatable bonds is 6. The number of anilines is 2. The molecule has 5 nitrogen and oxygen atoms in total. The molecule has 6 heteroatoms.